The van der Waals surface area contributed by atoms with E-state index in [0.717, 1.165) is 0 Å². The van der Waals surface area contributed by atoms with E-state index in [2.05, 4.69) is 20.3 Å². The zero-order chi connectivity index (χ0) is 21.4. The number of anilines is 3. The average Bonchev–Trinajstić information content (AvgIpc) is 3.33. The van der Waals surface area contributed by atoms with Gasteiger partial charge in [0, 0.05) is 10.6 Å². The highest BCUT2D eigenvalue weighted by atomic mass is 35.5. The second-order valence-corrected chi connectivity index (χ2v) is 7.13. The number of benzene rings is 1. The van der Waals surface area contributed by atoms with E-state index in [1.54, 1.807) is 32.0 Å². The van der Waals surface area contributed by atoms with Crippen molar-refractivity contribution >= 4 is 46.4 Å². The summed E-state index contributed by atoms with van der Waals surface area (Å²) in [6.07, 6.45) is 4.12. The van der Waals surface area contributed by atoms with Crippen molar-refractivity contribution in [2.24, 2.45) is 0 Å². The summed E-state index contributed by atoms with van der Waals surface area (Å²) in [6.45, 7) is 3.29. The molecular formula is C19H14Cl2N6O3. The number of nitrogens with two attached hydrogens (primary N) is 1. The molecule has 0 saturated carbocycles. The van der Waals surface area contributed by atoms with Gasteiger partial charge in [-0.3, -0.25) is 9.69 Å². The molecule has 0 atom stereocenters. The maximum Gasteiger partial charge on any atom is 0.269 e. The Morgan fingerprint density at radius 3 is 2.43 bits per heavy atom. The Labute approximate surface area is 180 Å². The maximum absolute atomic E-state index is 13.3. The van der Waals surface area contributed by atoms with E-state index in [-0.39, 0.29) is 17.2 Å². The maximum atomic E-state index is 13.3. The molecule has 9 nitrogen and oxygen atoms in total. The summed E-state index contributed by atoms with van der Waals surface area (Å²) in [5.41, 5.74) is 7.65. The number of aryl methyl sites for hydroxylation is 2. The third kappa shape index (κ3) is 3.49. The number of carbonyl (C=O) groups is 1. The van der Waals surface area contributed by atoms with Crippen LogP contribution in [0.1, 0.15) is 21.9 Å². The number of nitrogens with zero attached hydrogens (tertiary/aromatic N) is 5. The van der Waals surface area contributed by atoms with Gasteiger partial charge in [0.25, 0.3) is 5.91 Å². The summed E-state index contributed by atoms with van der Waals surface area (Å²) in [6, 6.07) is 4.93. The first-order chi connectivity index (χ1) is 14.4. The van der Waals surface area contributed by atoms with E-state index in [0.29, 0.717) is 38.5 Å². The molecule has 3 heterocycles. The normalized spacial score (nSPS) is 10.9. The minimum absolute atomic E-state index is 0.0608. The standard InChI is InChI=1S/C19H14Cl2N6O3/c1-9-13(6-24-29-9)19(28)27(15-7-25-30-10(15)2)16-8-23-17(18(22)26-16)12-5-11(20)3-4-14(12)21/h3-8H,1-2H3,(H2,22,26). The molecule has 0 saturated heterocycles. The van der Waals surface area contributed by atoms with Crippen molar-refractivity contribution in [3.8, 4) is 11.3 Å². The van der Waals surface area contributed by atoms with Crippen LogP contribution in [0.25, 0.3) is 11.3 Å². The topological polar surface area (TPSA) is 124 Å². The summed E-state index contributed by atoms with van der Waals surface area (Å²) >= 11 is 12.3. The molecule has 0 aliphatic carbocycles. The molecule has 0 unspecified atom stereocenters. The third-order valence-electron chi connectivity index (χ3n) is 4.35. The molecule has 0 fully saturated rings. The van der Waals surface area contributed by atoms with Crippen LogP contribution in [-0.4, -0.2) is 26.2 Å². The third-order valence-corrected chi connectivity index (χ3v) is 4.91. The highest BCUT2D eigenvalue weighted by Crippen LogP contribution is 2.35. The van der Waals surface area contributed by atoms with Gasteiger partial charge in [-0.1, -0.05) is 33.5 Å². The Morgan fingerprint density at radius 2 is 1.80 bits per heavy atom. The molecule has 0 aliphatic heterocycles. The molecule has 152 valence electrons. The van der Waals surface area contributed by atoms with Gasteiger partial charge in [-0.05, 0) is 32.0 Å². The van der Waals surface area contributed by atoms with Crippen molar-refractivity contribution in [2.75, 3.05) is 10.6 Å². The Kier molecular flexibility index (Phi) is 5.15. The molecule has 2 N–H and O–H groups in total. The molecular weight excluding hydrogens is 431 g/mol. The van der Waals surface area contributed by atoms with Crippen LogP contribution in [-0.2, 0) is 0 Å². The van der Waals surface area contributed by atoms with Gasteiger partial charge in [0.15, 0.2) is 17.4 Å². The molecule has 0 aliphatic rings. The average molecular weight is 445 g/mol. The lowest BCUT2D eigenvalue weighted by Gasteiger charge is -2.20. The highest BCUT2D eigenvalue weighted by molar-refractivity contribution is 6.35. The van der Waals surface area contributed by atoms with E-state index in [4.69, 9.17) is 38.0 Å². The Bertz CT molecular complexity index is 1250. The van der Waals surface area contributed by atoms with Crippen molar-refractivity contribution in [1.29, 1.82) is 0 Å². The zero-order valence-corrected chi connectivity index (χ0v) is 17.3. The van der Waals surface area contributed by atoms with Gasteiger partial charge in [0.2, 0.25) is 0 Å². The van der Waals surface area contributed by atoms with Crippen LogP contribution in [0.5, 0.6) is 0 Å². The Hall–Kier alpha value is -3.43. The quantitative estimate of drug-likeness (QED) is 0.483. The number of rotatable bonds is 4. The first-order valence-corrected chi connectivity index (χ1v) is 9.37. The summed E-state index contributed by atoms with van der Waals surface area (Å²) in [4.78, 5) is 23.3. The van der Waals surface area contributed by atoms with Gasteiger partial charge >= 0.3 is 0 Å². The van der Waals surface area contributed by atoms with E-state index < -0.39 is 5.91 Å². The fraction of sp³-hybridized carbons (Fsp3) is 0.105. The molecule has 4 aromatic rings. The first kappa shape index (κ1) is 19.9. The van der Waals surface area contributed by atoms with Gasteiger partial charge < -0.3 is 14.8 Å². The lowest BCUT2D eigenvalue weighted by Crippen LogP contribution is -2.27. The molecule has 1 amide bonds. The van der Waals surface area contributed by atoms with Crippen LogP contribution in [0.2, 0.25) is 10.0 Å². The second kappa shape index (κ2) is 7.77. The van der Waals surface area contributed by atoms with Crippen molar-refractivity contribution in [2.45, 2.75) is 13.8 Å². The van der Waals surface area contributed by atoms with Crippen LogP contribution in [0, 0.1) is 13.8 Å². The Balaban J connectivity index is 1.83. The number of halogens is 2. The van der Waals surface area contributed by atoms with Crippen LogP contribution in [0.15, 0.2) is 45.8 Å². The van der Waals surface area contributed by atoms with E-state index in [9.17, 15) is 4.79 Å². The van der Waals surface area contributed by atoms with Crippen molar-refractivity contribution in [3.63, 3.8) is 0 Å². The molecule has 30 heavy (non-hydrogen) atoms. The van der Waals surface area contributed by atoms with Gasteiger partial charge in [-0.25, -0.2) is 9.97 Å². The number of amides is 1. The minimum atomic E-state index is -0.456. The second-order valence-electron chi connectivity index (χ2n) is 6.29. The summed E-state index contributed by atoms with van der Waals surface area (Å²) in [5.74, 6) is 0.515. The summed E-state index contributed by atoms with van der Waals surface area (Å²) in [7, 11) is 0. The van der Waals surface area contributed by atoms with Crippen LogP contribution >= 0.6 is 23.2 Å². The number of nitrogen functional groups attached to an aromatic ring is 1. The fourth-order valence-corrected chi connectivity index (χ4v) is 3.24. The Morgan fingerprint density at radius 1 is 1.07 bits per heavy atom. The fourth-order valence-electron chi connectivity index (χ4n) is 2.86. The van der Waals surface area contributed by atoms with Gasteiger partial charge in [0.05, 0.1) is 23.6 Å². The summed E-state index contributed by atoms with van der Waals surface area (Å²) < 4.78 is 10.1. The van der Waals surface area contributed by atoms with Crippen LogP contribution in [0.3, 0.4) is 0 Å². The number of aromatic nitrogens is 4. The SMILES string of the molecule is Cc1oncc1C(=O)N(c1cnc(-c2cc(Cl)ccc2Cl)c(N)n1)c1cnoc1C. The minimum Gasteiger partial charge on any atom is -0.382 e. The van der Waals surface area contributed by atoms with Crippen LogP contribution in [0.4, 0.5) is 17.3 Å². The monoisotopic (exact) mass is 444 g/mol. The first-order valence-electron chi connectivity index (χ1n) is 8.61. The molecule has 11 heteroatoms. The van der Waals surface area contributed by atoms with Gasteiger partial charge in [0.1, 0.15) is 22.7 Å². The highest BCUT2D eigenvalue weighted by Gasteiger charge is 2.28. The van der Waals surface area contributed by atoms with Gasteiger partial charge in [-0.2, -0.15) is 0 Å². The molecule has 0 spiro atoms. The molecule has 0 bridgehead atoms. The molecule has 4 rings (SSSR count). The van der Waals surface area contributed by atoms with Crippen molar-refractivity contribution < 1.29 is 13.8 Å². The molecule has 1 aromatic carbocycles. The predicted molar refractivity (Wildman–Crippen MR) is 111 cm³/mol. The van der Waals surface area contributed by atoms with Gasteiger partial charge in [-0.15, -0.1) is 0 Å². The smallest absolute Gasteiger partial charge is 0.269 e. The van der Waals surface area contributed by atoms with Crippen molar-refractivity contribution in [1.82, 2.24) is 20.3 Å². The lowest BCUT2D eigenvalue weighted by molar-refractivity contribution is 0.0996. The number of carbonyl (C=O) groups excluding carboxylic acids is 1. The molecule has 0 radical (unpaired) electrons. The largest absolute Gasteiger partial charge is 0.382 e. The van der Waals surface area contributed by atoms with E-state index in [1.807, 2.05) is 0 Å². The predicted octanol–water partition coefficient (Wildman–Crippen LogP) is 4.60. The lowest BCUT2D eigenvalue weighted by atomic mass is 10.1. The zero-order valence-electron chi connectivity index (χ0n) is 15.8. The van der Waals surface area contributed by atoms with Crippen LogP contribution < -0.4 is 10.6 Å². The number of hydrogen-bond donors (Lipinski definition) is 1. The van der Waals surface area contributed by atoms with E-state index in [1.165, 1.54) is 23.5 Å². The summed E-state index contributed by atoms with van der Waals surface area (Å²) in [5, 5.41) is 8.29. The number of hydrogen-bond acceptors (Lipinski definition) is 8. The van der Waals surface area contributed by atoms with Crippen molar-refractivity contribution in [3.05, 3.63) is 63.9 Å². The molecule has 3 aromatic heterocycles. The van der Waals surface area contributed by atoms with E-state index >= 15 is 0 Å².